The van der Waals surface area contributed by atoms with Crippen LogP contribution in [0.3, 0.4) is 0 Å². The van der Waals surface area contributed by atoms with Crippen molar-refractivity contribution in [2.45, 2.75) is 39.2 Å². The molecule has 0 aliphatic carbocycles. The Hall–Kier alpha value is -3.31. The number of carbonyl (C=O) groups excluding carboxylic acids is 2. The number of nitrogens with one attached hydrogen (secondary N) is 5. The van der Waals surface area contributed by atoms with Gasteiger partial charge in [0, 0.05) is 13.1 Å². The van der Waals surface area contributed by atoms with Crippen LogP contribution in [0.4, 0.5) is 8.78 Å². The molecule has 0 saturated carbocycles. The zero-order chi connectivity index (χ0) is 22.7. The number of nitro groups is 1. The largest absolute Gasteiger partial charge is 0.352 e. The predicted octanol–water partition coefficient (Wildman–Crippen LogP) is 1.47. The van der Waals surface area contributed by atoms with Crippen molar-refractivity contribution in [1.29, 1.82) is 5.41 Å². The van der Waals surface area contributed by atoms with Gasteiger partial charge in [-0.3, -0.25) is 15.0 Å². The van der Waals surface area contributed by atoms with Crippen molar-refractivity contribution in [3.8, 4) is 0 Å². The molecule has 5 N–H and O–H groups in total. The zero-order valence-electron chi connectivity index (χ0n) is 16.6. The Morgan fingerprint density at radius 2 is 2.00 bits per heavy atom. The van der Waals surface area contributed by atoms with Crippen molar-refractivity contribution in [1.82, 2.24) is 21.4 Å². The van der Waals surface area contributed by atoms with Crippen molar-refractivity contribution >= 4 is 17.8 Å². The van der Waals surface area contributed by atoms with Gasteiger partial charge in [-0.05, 0) is 37.3 Å². The van der Waals surface area contributed by atoms with Crippen molar-refractivity contribution in [2.75, 3.05) is 6.54 Å². The van der Waals surface area contributed by atoms with Gasteiger partial charge in [-0.2, -0.15) is 0 Å². The summed E-state index contributed by atoms with van der Waals surface area (Å²) in [5.41, 5.74) is 1.09. The Bertz CT molecular complexity index is 775. The van der Waals surface area contributed by atoms with E-state index in [1.165, 1.54) is 6.07 Å². The highest BCUT2D eigenvalue weighted by molar-refractivity contribution is 5.97. The number of halogens is 2. The number of hydrazine groups is 1. The molecule has 0 heterocycles. The van der Waals surface area contributed by atoms with E-state index in [4.69, 9.17) is 5.41 Å². The van der Waals surface area contributed by atoms with Gasteiger partial charge in [-0.15, -0.1) is 0 Å². The third-order valence-corrected chi connectivity index (χ3v) is 3.83. The van der Waals surface area contributed by atoms with E-state index in [0.29, 0.717) is 12.3 Å². The fourth-order valence-corrected chi connectivity index (χ4v) is 2.33. The average molecular weight is 427 g/mol. The standard InChI is InChI=1S/C18H25F2N6O4/c1-11(2)8-10-22-17(28)14(7-4-9-23-18(21)25-26(29)30)24-16(27)12-5-3-6-13(19)15(12)20/h3,5-6,10-11,14H,4,7-9H2,1-2H3,(H,22,28)(H,24,27)(H3,21,23,25)/t14-/m0/s1. The van der Waals surface area contributed by atoms with E-state index in [1.807, 2.05) is 13.8 Å². The lowest BCUT2D eigenvalue weighted by Gasteiger charge is -2.19. The van der Waals surface area contributed by atoms with E-state index < -0.39 is 46.0 Å². The topological polar surface area (TPSA) is 149 Å². The molecule has 10 nitrogen and oxygen atoms in total. The highest BCUT2D eigenvalue weighted by Gasteiger charge is 2.23. The lowest BCUT2D eigenvalue weighted by Crippen LogP contribution is -2.47. The summed E-state index contributed by atoms with van der Waals surface area (Å²) in [7, 11) is 0. The molecule has 0 aromatic heterocycles. The summed E-state index contributed by atoms with van der Waals surface area (Å²) in [5, 5.41) is 24.0. The second-order valence-electron chi connectivity index (χ2n) is 6.78. The first-order chi connectivity index (χ1) is 14.1. The van der Waals surface area contributed by atoms with Gasteiger partial charge in [0.05, 0.1) is 5.56 Å². The molecule has 1 atom stereocenters. The number of hydrogen-bond acceptors (Lipinski definition) is 5. The van der Waals surface area contributed by atoms with Crippen molar-refractivity contribution < 1.29 is 23.4 Å². The van der Waals surface area contributed by atoms with Crippen LogP contribution in [-0.4, -0.2) is 35.4 Å². The number of hydrogen-bond donors (Lipinski definition) is 5. The summed E-state index contributed by atoms with van der Waals surface area (Å²) in [5.74, 6) is -4.23. The van der Waals surface area contributed by atoms with Crippen LogP contribution < -0.4 is 21.4 Å². The van der Waals surface area contributed by atoms with Crippen LogP contribution in [0.15, 0.2) is 18.2 Å². The number of amides is 2. The van der Waals surface area contributed by atoms with E-state index in [-0.39, 0.29) is 19.4 Å². The molecule has 0 fully saturated rings. The summed E-state index contributed by atoms with van der Waals surface area (Å²) >= 11 is 0. The molecule has 0 bridgehead atoms. The van der Waals surface area contributed by atoms with Crippen molar-refractivity contribution in [3.05, 3.63) is 52.1 Å². The highest BCUT2D eigenvalue weighted by Crippen LogP contribution is 2.12. The van der Waals surface area contributed by atoms with Crippen molar-refractivity contribution in [2.24, 2.45) is 5.92 Å². The van der Waals surface area contributed by atoms with Crippen LogP contribution in [0.25, 0.3) is 0 Å². The number of nitrogens with zero attached hydrogens (tertiary/aromatic N) is 1. The molecule has 1 radical (unpaired) electrons. The minimum atomic E-state index is -1.32. The first-order valence-corrected chi connectivity index (χ1v) is 9.22. The summed E-state index contributed by atoms with van der Waals surface area (Å²) in [6.45, 7) is 5.55. The van der Waals surface area contributed by atoms with E-state index in [0.717, 1.165) is 12.1 Å². The fraction of sp³-hybridized carbons (Fsp3) is 0.444. The molecule has 165 valence electrons. The van der Waals surface area contributed by atoms with Gasteiger partial charge in [0.2, 0.25) is 5.91 Å². The predicted molar refractivity (Wildman–Crippen MR) is 105 cm³/mol. The second-order valence-corrected chi connectivity index (χ2v) is 6.78. The van der Waals surface area contributed by atoms with Gasteiger partial charge < -0.3 is 16.0 Å². The van der Waals surface area contributed by atoms with Crippen molar-refractivity contribution in [3.63, 3.8) is 0 Å². The first-order valence-electron chi connectivity index (χ1n) is 9.22. The third kappa shape index (κ3) is 8.80. The Morgan fingerprint density at radius 3 is 2.63 bits per heavy atom. The number of rotatable bonds is 11. The normalized spacial score (nSPS) is 11.5. The monoisotopic (exact) mass is 427 g/mol. The molecule has 0 spiro atoms. The van der Waals surface area contributed by atoms with Gasteiger partial charge in [-0.1, -0.05) is 25.3 Å². The molecule has 30 heavy (non-hydrogen) atoms. The smallest absolute Gasteiger partial charge is 0.255 e. The lowest BCUT2D eigenvalue weighted by atomic mass is 10.1. The Morgan fingerprint density at radius 1 is 1.30 bits per heavy atom. The molecule has 0 saturated heterocycles. The zero-order valence-corrected chi connectivity index (χ0v) is 16.6. The van der Waals surface area contributed by atoms with Crippen LogP contribution in [0.5, 0.6) is 0 Å². The molecule has 2 amide bonds. The van der Waals surface area contributed by atoms with Crippen LogP contribution >= 0.6 is 0 Å². The van der Waals surface area contributed by atoms with Crippen LogP contribution in [0, 0.1) is 39.6 Å². The minimum Gasteiger partial charge on any atom is -0.352 e. The number of carbonyl (C=O) groups is 2. The van der Waals surface area contributed by atoms with E-state index >= 15 is 0 Å². The lowest BCUT2D eigenvalue weighted by molar-refractivity contribution is -0.525. The van der Waals surface area contributed by atoms with Gasteiger partial charge in [0.25, 0.3) is 11.9 Å². The summed E-state index contributed by atoms with van der Waals surface area (Å²) < 4.78 is 27.2. The molecule has 0 unspecified atom stereocenters. The van der Waals surface area contributed by atoms with Gasteiger partial charge in [0.15, 0.2) is 16.7 Å². The molecule has 1 rings (SSSR count). The molecular weight excluding hydrogens is 402 g/mol. The summed E-state index contributed by atoms with van der Waals surface area (Å²) in [4.78, 5) is 35.0. The van der Waals surface area contributed by atoms with Crippen LogP contribution in [-0.2, 0) is 4.79 Å². The quantitative estimate of drug-likeness (QED) is 0.119. The SMILES string of the molecule is CC(C)C[CH]NC(=O)[C@H](CCCNC(=N)N[N+](=O)[O-])NC(=O)c1cccc(F)c1F. The fourth-order valence-electron chi connectivity index (χ4n) is 2.33. The number of guanidine groups is 1. The van der Waals surface area contributed by atoms with Gasteiger partial charge >= 0.3 is 0 Å². The molecule has 0 aliphatic heterocycles. The number of benzene rings is 1. The summed E-state index contributed by atoms with van der Waals surface area (Å²) in [6, 6.07) is 2.08. The maximum absolute atomic E-state index is 13.9. The van der Waals surface area contributed by atoms with E-state index in [1.54, 1.807) is 12.0 Å². The molecule has 0 aliphatic rings. The Labute approximate surface area is 172 Å². The molecule has 12 heteroatoms. The minimum absolute atomic E-state index is 0.0861. The highest BCUT2D eigenvalue weighted by atomic mass is 19.2. The molecule has 1 aromatic rings. The van der Waals surface area contributed by atoms with Gasteiger partial charge in [-0.25, -0.2) is 18.9 Å². The molecule has 1 aromatic carbocycles. The third-order valence-electron chi connectivity index (χ3n) is 3.83. The maximum Gasteiger partial charge on any atom is 0.255 e. The average Bonchev–Trinajstić information content (AvgIpc) is 2.65. The van der Waals surface area contributed by atoms with Gasteiger partial charge in [0.1, 0.15) is 6.04 Å². The van der Waals surface area contributed by atoms with E-state index in [9.17, 15) is 28.5 Å². The molecular formula is C18H25F2N6O4. The second kappa shape index (κ2) is 12.3. The Balaban J connectivity index is 2.73. The Kier molecular flexibility index (Phi) is 10.1. The van der Waals surface area contributed by atoms with Crippen LogP contribution in [0.2, 0.25) is 0 Å². The van der Waals surface area contributed by atoms with Crippen LogP contribution in [0.1, 0.15) is 43.5 Å². The first kappa shape index (κ1) is 24.7. The van der Waals surface area contributed by atoms with E-state index in [2.05, 4.69) is 16.0 Å². The summed E-state index contributed by atoms with van der Waals surface area (Å²) in [6.07, 6.45) is 0.926. The maximum atomic E-state index is 13.9.